The quantitative estimate of drug-likeness (QED) is 0.715. The molecule has 0 aliphatic carbocycles. The molecule has 0 aliphatic heterocycles. The van der Waals surface area contributed by atoms with Crippen molar-refractivity contribution < 1.29 is 4.74 Å². The van der Waals surface area contributed by atoms with Crippen molar-refractivity contribution in [1.29, 1.82) is 0 Å². The lowest BCUT2D eigenvalue weighted by molar-refractivity contribution is 0.457. The zero-order valence-electron chi connectivity index (χ0n) is 10.3. The highest BCUT2D eigenvalue weighted by atomic mass is 35.5. The van der Waals surface area contributed by atoms with Crippen molar-refractivity contribution in [3.8, 4) is 11.6 Å². The summed E-state index contributed by atoms with van der Waals surface area (Å²) in [6.45, 7) is 3.96. The Morgan fingerprint density at radius 2 is 1.58 bits per heavy atom. The maximum atomic E-state index is 5.94. The number of rotatable bonds is 3. The molecule has 3 nitrogen and oxygen atoms in total. The van der Waals surface area contributed by atoms with Gasteiger partial charge in [-0.05, 0) is 18.2 Å². The topological polar surface area (TPSA) is 35.0 Å². The van der Waals surface area contributed by atoms with Gasteiger partial charge in [0.25, 0.3) is 0 Å². The lowest BCUT2D eigenvalue weighted by Gasteiger charge is -2.09. The van der Waals surface area contributed by atoms with Crippen LogP contribution in [0.5, 0.6) is 11.6 Å². The molecule has 1 heterocycles. The average Bonchev–Trinajstić information content (AvgIpc) is 2.26. The standard InChI is InChI=1S/C13H11Cl3N2O/c1-7(2)13-17-11(16)6-12(18-13)19-10-4-8(14)3-9(15)5-10/h3-7H,1-2H3. The Hall–Kier alpha value is -1.03. The minimum Gasteiger partial charge on any atom is -0.439 e. The molecule has 2 rings (SSSR count). The van der Waals surface area contributed by atoms with Crippen LogP contribution >= 0.6 is 34.8 Å². The Bertz CT molecular complexity index is 582. The predicted octanol–water partition coefficient (Wildman–Crippen LogP) is 5.35. The molecular weight excluding hydrogens is 307 g/mol. The first-order valence-corrected chi connectivity index (χ1v) is 6.76. The van der Waals surface area contributed by atoms with Gasteiger partial charge in [-0.3, -0.25) is 0 Å². The summed E-state index contributed by atoms with van der Waals surface area (Å²) in [6.07, 6.45) is 0. The van der Waals surface area contributed by atoms with E-state index in [1.54, 1.807) is 24.3 Å². The van der Waals surface area contributed by atoms with Crippen LogP contribution in [0.25, 0.3) is 0 Å². The second-order valence-corrected chi connectivity index (χ2v) is 5.51. The van der Waals surface area contributed by atoms with E-state index in [4.69, 9.17) is 39.5 Å². The lowest BCUT2D eigenvalue weighted by Crippen LogP contribution is -1.99. The van der Waals surface area contributed by atoms with Crippen LogP contribution < -0.4 is 4.74 Å². The summed E-state index contributed by atoms with van der Waals surface area (Å²) in [5.74, 6) is 1.64. The van der Waals surface area contributed by atoms with E-state index in [1.165, 1.54) is 0 Å². The number of hydrogen-bond donors (Lipinski definition) is 0. The van der Waals surface area contributed by atoms with Gasteiger partial charge in [0.05, 0.1) is 0 Å². The van der Waals surface area contributed by atoms with E-state index in [0.717, 1.165) is 0 Å². The third-order valence-electron chi connectivity index (χ3n) is 2.26. The first-order chi connectivity index (χ1) is 8.94. The monoisotopic (exact) mass is 316 g/mol. The van der Waals surface area contributed by atoms with Crippen molar-refractivity contribution in [2.24, 2.45) is 0 Å². The smallest absolute Gasteiger partial charge is 0.224 e. The summed E-state index contributed by atoms with van der Waals surface area (Å²) in [5, 5.41) is 1.32. The number of hydrogen-bond acceptors (Lipinski definition) is 3. The molecule has 6 heteroatoms. The van der Waals surface area contributed by atoms with Gasteiger partial charge in [-0.1, -0.05) is 48.7 Å². The van der Waals surface area contributed by atoms with E-state index in [2.05, 4.69) is 9.97 Å². The van der Waals surface area contributed by atoms with Crippen LogP contribution in [0.1, 0.15) is 25.6 Å². The Labute approximate surface area is 126 Å². The summed E-state index contributed by atoms with van der Waals surface area (Å²) in [5.41, 5.74) is 0. The van der Waals surface area contributed by atoms with Crippen LogP contribution in [0.2, 0.25) is 15.2 Å². The van der Waals surface area contributed by atoms with E-state index < -0.39 is 0 Å². The minimum absolute atomic E-state index is 0.156. The molecule has 0 atom stereocenters. The highest BCUT2D eigenvalue weighted by Crippen LogP contribution is 2.28. The summed E-state index contributed by atoms with van der Waals surface area (Å²) in [6, 6.07) is 6.47. The zero-order chi connectivity index (χ0) is 14.0. The van der Waals surface area contributed by atoms with E-state index in [1.807, 2.05) is 13.8 Å². The summed E-state index contributed by atoms with van der Waals surface area (Å²) >= 11 is 17.8. The third-order valence-corrected chi connectivity index (χ3v) is 2.89. The van der Waals surface area contributed by atoms with Crippen molar-refractivity contribution in [3.05, 3.63) is 45.3 Å². The molecule has 2 aromatic rings. The number of aromatic nitrogens is 2. The zero-order valence-corrected chi connectivity index (χ0v) is 12.6. The van der Waals surface area contributed by atoms with Gasteiger partial charge in [0.2, 0.25) is 5.88 Å². The van der Waals surface area contributed by atoms with E-state index in [0.29, 0.717) is 32.7 Å². The Kier molecular flexibility index (Phi) is 4.50. The second-order valence-electron chi connectivity index (χ2n) is 4.25. The third kappa shape index (κ3) is 3.96. The molecule has 100 valence electrons. The molecule has 0 fully saturated rings. The van der Waals surface area contributed by atoms with Gasteiger partial charge in [0.1, 0.15) is 16.7 Å². The minimum atomic E-state index is 0.156. The summed E-state index contributed by atoms with van der Waals surface area (Å²) in [4.78, 5) is 8.42. The van der Waals surface area contributed by atoms with Crippen LogP contribution in [0.3, 0.4) is 0 Å². The van der Waals surface area contributed by atoms with E-state index >= 15 is 0 Å². The van der Waals surface area contributed by atoms with Crippen LogP contribution in [0.4, 0.5) is 0 Å². The molecule has 0 bridgehead atoms. The van der Waals surface area contributed by atoms with Crippen LogP contribution in [0.15, 0.2) is 24.3 Å². The first kappa shape index (κ1) is 14.4. The van der Waals surface area contributed by atoms with Crippen molar-refractivity contribution >= 4 is 34.8 Å². The summed E-state index contributed by atoms with van der Waals surface area (Å²) < 4.78 is 5.61. The molecule has 0 N–H and O–H groups in total. The maximum absolute atomic E-state index is 5.94. The molecule has 0 radical (unpaired) electrons. The van der Waals surface area contributed by atoms with E-state index in [9.17, 15) is 0 Å². The van der Waals surface area contributed by atoms with Crippen LogP contribution in [-0.2, 0) is 0 Å². The Morgan fingerprint density at radius 1 is 0.947 bits per heavy atom. The first-order valence-electron chi connectivity index (χ1n) is 5.62. The van der Waals surface area contributed by atoms with Crippen molar-refractivity contribution in [3.63, 3.8) is 0 Å². The number of benzene rings is 1. The van der Waals surface area contributed by atoms with Gasteiger partial charge < -0.3 is 4.74 Å². The normalized spacial score (nSPS) is 10.8. The average molecular weight is 318 g/mol. The fourth-order valence-electron chi connectivity index (χ4n) is 1.43. The van der Waals surface area contributed by atoms with Crippen molar-refractivity contribution in [2.75, 3.05) is 0 Å². The fourth-order valence-corrected chi connectivity index (χ4v) is 2.12. The SMILES string of the molecule is CC(C)c1nc(Cl)cc(Oc2cc(Cl)cc(Cl)c2)n1. The molecule has 0 saturated heterocycles. The van der Waals surface area contributed by atoms with E-state index in [-0.39, 0.29) is 5.92 Å². The molecule has 0 saturated carbocycles. The molecule has 19 heavy (non-hydrogen) atoms. The summed E-state index contributed by atoms with van der Waals surface area (Å²) in [7, 11) is 0. The fraction of sp³-hybridized carbons (Fsp3) is 0.231. The molecular formula is C13H11Cl3N2O. The lowest BCUT2D eigenvalue weighted by atomic mass is 10.2. The number of halogens is 3. The molecule has 1 aromatic carbocycles. The van der Waals surface area contributed by atoms with Gasteiger partial charge in [0, 0.05) is 22.0 Å². The highest BCUT2D eigenvalue weighted by Gasteiger charge is 2.09. The van der Waals surface area contributed by atoms with Gasteiger partial charge >= 0.3 is 0 Å². The van der Waals surface area contributed by atoms with Gasteiger partial charge in [-0.25, -0.2) is 4.98 Å². The number of nitrogens with zero attached hydrogens (tertiary/aromatic N) is 2. The van der Waals surface area contributed by atoms with Gasteiger partial charge in [0.15, 0.2) is 0 Å². The molecule has 0 unspecified atom stereocenters. The van der Waals surface area contributed by atoms with Crippen LogP contribution in [-0.4, -0.2) is 9.97 Å². The number of ether oxygens (including phenoxy) is 1. The van der Waals surface area contributed by atoms with Crippen LogP contribution in [0, 0.1) is 0 Å². The van der Waals surface area contributed by atoms with Crippen molar-refractivity contribution in [1.82, 2.24) is 9.97 Å². The predicted molar refractivity (Wildman–Crippen MR) is 77.7 cm³/mol. The largest absolute Gasteiger partial charge is 0.439 e. The van der Waals surface area contributed by atoms with Gasteiger partial charge in [-0.2, -0.15) is 4.98 Å². The van der Waals surface area contributed by atoms with Gasteiger partial charge in [-0.15, -0.1) is 0 Å². The molecule has 0 amide bonds. The molecule has 0 aliphatic rings. The molecule has 1 aromatic heterocycles. The van der Waals surface area contributed by atoms with Crippen molar-refractivity contribution in [2.45, 2.75) is 19.8 Å². The second kappa shape index (κ2) is 5.95. The Morgan fingerprint density at radius 3 is 2.16 bits per heavy atom. The Balaban J connectivity index is 2.32. The highest BCUT2D eigenvalue weighted by molar-refractivity contribution is 6.34. The maximum Gasteiger partial charge on any atom is 0.224 e. The molecule has 0 spiro atoms.